The van der Waals surface area contributed by atoms with Crippen LogP contribution in [0, 0.1) is 5.41 Å². The van der Waals surface area contributed by atoms with Crippen LogP contribution >= 0.6 is 0 Å². The predicted molar refractivity (Wildman–Crippen MR) is 58.3 cm³/mol. The summed E-state index contributed by atoms with van der Waals surface area (Å²) in [6, 6.07) is 0. The second-order valence-corrected chi connectivity index (χ2v) is 4.40. The number of ether oxygens (including phenoxy) is 1. The molecule has 0 saturated carbocycles. The number of carbonyl (C=O) groups excluding carboxylic acids is 1. The number of hydrogen-bond acceptors (Lipinski definition) is 3. The monoisotopic (exact) mass is 210 g/mol. The Bertz CT molecular complexity index is 324. The van der Waals surface area contributed by atoms with Crippen LogP contribution in [0.2, 0.25) is 0 Å². The molecule has 0 saturated heterocycles. The Morgan fingerprint density at radius 3 is 2.67 bits per heavy atom. The van der Waals surface area contributed by atoms with E-state index in [0.29, 0.717) is 12.2 Å². The molecule has 0 spiro atoms. The highest BCUT2D eigenvalue weighted by Gasteiger charge is 2.35. The summed E-state index contributed by atoms with van der Waals surface area (Å²) >= 11 is 0. The number of esters is 1. The molecule has 1 aliphatic rings. The number of aliphatic hydroxyl groups is 1. The summed E-state index contributed by atoms with van der Waals surface area (Å²) in [5, 5.41) is 9.98. The van der Waals surface area contributed by atoms with Crippen molar-refractivity contribution in [3.05, 3.63) is 23.3 Å². The van der Waals surface area contributed by atoms with Gasteiger partial charge in [-0.15, -0.1) is 0 Å². The maximum atomic E-state index is 11.3. The van der Waals surface area contributed by atoms with E-state index < -0.39 is 12.1 Å². The second kappa shape index (κ2) is 4.19. The van der Waals surface area contributed by atoms with E-state index in [4.69, 9.17) is 4.74 Å². The van der Waals surface area contributed by atoms with Crippen LogP contribution in [0.5, 0.6) is 0 Å². The lowest BCUT2D eigenvalue weighted by atomic mass is 9.89. The highest BCUT2D eigenvalue weighted by molar-refractivity contribution is 5.84. The molecule has 0 aromatic rings. The highest BCUT2D eigenvalue weighted by Crippen LogP contribution is 2.39. The van der Waals surface area contributed by atoms with Gasteiger partial charge in [0.15, 0.2) is 0 Å². The van der Waals surface area contributed by atoms with Gasteiger partial charge in [-0.25, -0.2) is 4.79 Å². The third-order valence-electron chi connectivity index (χ3n) is 2.60. The van der Waals surface area contributed by atoms with Crippen molar-refractivity contribution < 1.29 is 14.6 Å². The maximum Gasteiger partial charge on any atom is 0.331 e. The number of rotatable bonds is 2. The molecular weight excluding hydrogens is 192 g/mol. The first-order valence-corrected chi connectivity index (χ1v) is 5.14. The number of hydrogen-bond donors (Lipinski definition) is 1. The van der Waals surface area contributed by atoms with Crippen LogP contribution in [0.15, 0.2) is 23.3 Å². The van der Waals surface area contributed by atoms with Crippen molar-refractivity contribution in [2.45, 2.75) is 33.8 Å². The molecule has 3 nitrogen and oxygen atoms in total. The van der Waals surface area contributed by atoms with Gasteiger partial charge in [-0.2, -0.15) is 0 Å². The molecule has 1 unspecified atom stereocenters. The lowest BCUT2D eigenvalue weighted by Gasteiger charge is -2.21. The van der Waals surface area contributed by atoms with Crippen LogP contribution in [0.3, 0.4) is 0 Å². The fourth-order valence-corrected chi connectivity index (χ4v) is 1.84. The van der Waals surface area contributed by atoms with Crippen LogP contribution in [-0.2, 0) is 9.53 Å². The molecule has 3 heteroatoms. The molecule has 0 fully saturated rings. The average molecular weight is 210 g/mol. The van der Waals surface area contributed by atoms with Gasteiger partial charge in [0.05, 0.1) is 12.7 Å². The molecule has 0 amide bonds. The summed E-state index contributed by atoms with van der Waals surface area (Å²) < 4.78 is 4.81. The standard InChI is InChI=1S/C12H18O3/c1-5-15-10(13)6-9-8(2)7-12(3,4)11(9)14/h6-7,11,14H,5H2,1-4H3/b9-6-. The minimum absolute atomic E-state index is 0.303. The molecule has 84 valence electrons. The van der Waals surface area contributed by atoms with Crippen LogP contribution in [0.1, 0.15) is 27.7 Å². The summed E-state index contributed by atoms with van der Waals surface area (Å²) in [6.45, 7) is 7.88. The summed E-state index contributed by atoms with van der Waals surface area (Å²) in [5.41, 5.74) is 1.31. The van der Waals surface area contributed by atoms with Crippen LogP contribution in [0.25, 0.3) is 0 Å². The molecule has 0 aromatic carbocycles. The SMILES string of the molecule is CCOC(=O)/C=C1/C(C)=CC(C)(C)C1O. The van der Waals surface area contributed by atoms with E-state index >= 15 is 0 Å². The van der Waals surface area contributed by atoms with E-state index in [9.17, 15) is 9.90 Å². The minimum Gasteiger partial charge on any atom is -0.463 e. The van der Waals surface area contributed by atoms with Crippen LogP contribution in [0.4, 0.5) is 0 Å². The van der Waals surface area contributed by atoms with Gasteiger partial charge in [0.2, 0.25) is 0 Å². The lowest BCUT2D eigenvalue weighted by molar-refractivity contribution is -0.137. The molecule has 0 heterocycles. The Morgan fingerprint density at radius 1 is 1.67 bits per heavy atom. The van der Waals surface area contributed by atoms with Crippen molar-refractivity contribution in [1.82, 2.24) is 0 Å². The zero-order valence-electron chi connectivity index (χ0n) is 9.70. The Kier molecular flexibility index (Phi) is 3.35. The summed E-state index contributed by atoms with van der Waals surface area (Å²) in [6.07, 6.45) is 2.74. The van der Waals surface area contributed by atoms with Gasteiger partial charge in [0.1, 0.15) is 0 Å². The van der Waals surface area contributed by atoms with E-state index in [1.165, 1.54) is 6.08 Å². The Balaban J connectivity index is 2.89. The first-order chi connectivity index (χ1) is 6.88. The lowest BCUT2D eigenvalue weighted by Crippen LogP contribution is -2.24. The van der Waals surface area contributed by atoms with Crippen molar-refractivity contribution in [3.63, 3.8) is 0 Å². The third kappa shape index (κ3) is 2.48. The van der Waals surface area contributed by atoms with E-state index in [1.54, 1.807) is 6.92 Å². The van der Waals surface area contributed by atoms with Crippen molar-refractivity contribution in [2.75, 3.05) is 6.61 Å². The van der Waals surface area contributed by atoms with E-state index in [0.717, 1.165) is 5.57 Å². The second-order valence-electron chi connectivity index (χ2n) is 4.40. The number of carbonyl (C=O) groups is 1. The first kappa shape index (κ1) is 12.0. The molecule has 0 bridgehead atoms. The summed E-state index contributed by atoms with van der Waals surface area (Å²) in [5.74, 6) is -0.392. The molecule has 0 radical (unpaired) electrons. The normalized spacial score (nSPS) is 26.6. The third-order valence-corrected chi connectivity index (χ3v) is 2.60. The molecule has 1 atom stereocenters. The van der Waals surface area contributed by atoms with Crippen molar-refractivity contribution in [2.24, 2.45) is 5.41 Å². The molecule has 1 rings (SSSR count). The van der Waals surface area contributed by atoms with Gasteiger partial charge in [0, 0.05) is 11.5 Å². The first-order valence-electron chi connectivity index (χ1n) is 5.14. The minimum atomic E-state index is -0.623. The Morgan fingerprint density at radius 2 is 2.27 bits per heavy atom. The quantitative estimate of drug-likeness (QED) is 0.558. The summed E-state index contributed by atoms with van der Waals surface area (Å²) in [4.78, 5) is 11.3. The van der Waals surface area contributed by atoms with Gasteiger partial charge in [0.25, 0.3) is 0 Å². The maximum absolute atomic E-state index is 11.3. The predicted octanol–water partition coefficient (Wildman–Crippen LogP) is 1.82. The van der Waals surface area contributed by atoms with Crippen molar-refractivity contribution in [1.29, 1.82) is 0 Å². The molecular formula is C12H18O3. The van der Waals surface area contributed by atoms with Gasteiger partial charge in [-0.3, -0.25) is 0 Å². The van der Waals surface area contributed by atoms with Gasteiger partial charge < -0.3 is 9.84 Å². The summed E-state index contributed by atoms with van der Waals surface area (Å²) in [7, 11) is 0. The van der Waals surface area contributed by atoms with Crippen LogP contribution < -0.4 is 0 Å². The molecule has 1 aliphatic carbocycles. The fourth-order valence-electron chi connectivity index (χ4n) is 1.84. The van der Waals surface area contributed by atoms with Gasteiger partial charge in [-0.1, -0.05) is 19.9 Å². The topological polar surface area (TPSA) is 46.5 Å². The molecule has 15 heavy (non-hydrogen) atoms. The van der Waals surface area contributed by atoms with Gasteiger partial charge in [-0.05, 0) is 25.0 Å². The van der Waals surface area contributed by atoms with Crippen LogP contribution in [-0.4, -0.2) is 23.8 Å². The van der Waals surface area contributed by atoms with E-state index in [1.807, 2.05) is 26.8 Å². The largest absolute Gasteiger partial charge is 0.463 e. The number of aliphatic hydroxyl groups excluding tert-OH is 1. The molecule has 0 aliphatic heterocycles. The highest BCUT2D eigenvalue weighted by atomic mass is 16.5. The Labute approximate surface area is 90.4 Å². The van der Waals surface area contributed by atoms with Crippen molar-refractivity contribution in [3.8, 4) is 0 Å². The zero-order valence-corrected chi connectivity index (χ0v) is 9.70. The fraction of sp³-hybridized carbons (Fsp3) is 0.583. The van der Waals surface area contributed by atoms with E-state index in [2.05, 4.69) is 0 Å². The zero-order chi connectivity index (χ0) is 11.6. The average Bonchev–Trinajstić information content (AvgIpc) is 2.28. The smallest absolute Gasteiger partial charge is 0.331 e. The van der Waals surface area contributed by atoms with Crippen molar-refractivity contribution >= 4 is 5.97 Å². The molecule has 0 aromatic heterocycles. The Hall–Kier alpha value is -1.09. The van der Waals surface area contributed by atoms with Gasteiger partial charge >= 0.3 is 5.97 Å². The van der Waals surface area contributed by atoms with E-state index in [-0.39, 0.29) is 5.41 Å². The molecule has 1 N–H and O–H groups in total.